The van der Waals surface area contributed by atoms with E-state index in [0.717, 1.165) is 6.07 Å². The number of hydrogen-bond acceptors (Lipinski definition) is 3. The van der Waals surface area contributed by atoms with E-state index >= 15 is 0 Å². The van der Waals surface area contributed by atoms with Crippen LogP contribution in [0.4, 0.5) is 4.39 Å². The summed E-state index contributed by atoms with van der Waals surface area (Å²) in [7, 11) is 1.23. The Balaban J connectivity index is 2.51. The van der Waals surface area contributed by atoms with Crippen LogP contribution in [0.1, 0.15) is 10.4 Å². The molecule has 0 aliphatic rings. The van der Waals surface area contributed by atoms with Gasteiger partial charge in [0.25, 0.3) is 0 Å². The highest BCUT2D eigenvalue weighted by Gasteiger charge is 2.10. The second kappa shape index (κ2) is 4.83. The molecule has 5 heteroatoms. The van der Waals surface area contributed by atoms with E-state index in [0.29, 0.717) is 11.1 Å². The van der Waals surface area contributed by atoms with Gasteiger partial charge < -0.3 is 9.72 Å². The molecule has 0 atom stereocenters. The zero-order valence-electron chi connectivity index (χ0n) is 9.57. The number of methoxy groups -OCH3 is 1. The number of nitrogens with one attached hydrogen (secondary N) is 1. The first kappa shape index (κ1) is 12.0. The number of carbonyl (C=O) groups is 1. The minimum Gasteiger partial charge on any atom is -0.465 e. The summed E-state index contributed by atoms with van der Waals surface area (Å²) in [6.07, 6.45) is 1.46. The van der Waals surface area contributed by atoms with Gasteiger partial charge >= 0.3 is 5.97 Å². The lowest BCUT2D eigenvalue weighted by molar-refractivity contribution is 0.0600. The molecule has 0 bridgehead atoms. The molecule has 2 rings (SSSR count). The Morgan fingerprint density at radius 3 is 2.61 bits per heavy atom. The van der Waals surface area contributed by atoms with Crippen molar-refractivity contribution in [3.63, 3.8) is 0 Å². The highest BCUT2D eigenvalue weighted by Crippen LogP contribution is 2.21. The summed E-state index contributed by atoms with van der Waals surface area (Å²) < 4.78 is 17.9. The molecule has 0 amide bonds. The van der Waals surface area contributed by atoms with Crippen LogP contribution < -0.4 is 5.56 Å². The molecule has 0 saturated heterocycles. The van der Waals surface area contributed by atoms with Gasteiger partial charge in [0.1, 0.15) is 5.82 Å². The maximum atomic E-state index is 13.4. The number of rotatable bonds is 2. The van der Waals surface area contributed by atoms with E-state index in [4.69, 9.17) is 0 Å². The predicted octanol–water partition coefficient (Wildman–Crippen LogP) is 1.97. The monoisotopic (exact) mass is 247 g/mol. The van der Waals surface area contributed by atoms with Gasteiger partial charge in [-0.3, -0.25) is 4.79 Å². The minimum absolute atomic E-state index is 0.124. The van der Waals surface area contributed by atoms with Crippen molar-refractivity contribution in [1.29, 1.82) is 0 Å². The smallest absolute Gasteiger partial charge is 0.337 e. The fraction of sp³-hybridized carbons (Fsp3) is 0.0769. The maximum absolute atomic E-state index is 13.4. The molecular weight excluding hydrogens is 237 g/mol. The molecule has 0 saturated carbocycles. The number of ether oxygens (including phenoxy) is 1. The number of halogens is 1. The number of pyridine rings is 1. The van der Waals surface area contributed by atoms with Crippen molar-refractivity contribution in [2.24, 2.45) is 0 Å². The molecule has 1 N–H and O–H groups in total. The van der Waals surface area contributed by atoms with Gasteiger partial charge in [-0.2, -0.15) is 0 Å². The number of esters is 1. The van der Waals surface area contributed by atoms with Crippen LogP contribution in [0.2, 0.25) is 0 Å². The summed E-state index contributed by atoms with van der Waals surface area (Å²) in [4.78, 5) is 24.8. The van der Waals surface area contributed by atoms with Crippen molar-refractivity contribution < 1.29 is 13.9 Å². The van der Waals surface area contributed by atoms with Crippen LogP contribution in [-0.4, -0.2) is 18.1 Å². The molecule has 1 heterocycles. The zero-order valence-corrected chi connectivity index (χ0v) is 9.57. The molecule has 0 spiro atoms. The van der Waals surface area contributed by atoms with Crippen LogP contribution >= 0.6 is 0 Å². The van der Waals surface area contributed by atoms with E-state index in [-0.39, 0.29) is 11.1 Å². The van der Waals surface area contributed by atoms with E-state index in [1.807, 2.05) is 0 Å². The summed E-state index contributed by atoms with van der Waals surface area (Å²) in [5.41, 5.74) is 0.980. The van der Waals surface area contributed by atoms with Crippen molar-refractivity contribution in [3.05, 3.63) is 58.3 Å². The van der Waals surface area contributed by atoms with Crippen molar-refractivity contribution in [1.82, 2.24) is 4.98 Å². The molecule has 0 unspecified atom stereocenters. The third-order valence-electron chi connectivity index (χ3n) is 2.44. The second-order valence-corrected chi connectivity index (χ2v) is 3.66. The van der Waals surface area contributed by atoms with Crippen LogP contribution in [0, 0.1) is 5.82 Å². The van der Waals surface area contributed by atoms with Crippen LogP contribution in [0.25, 0.3) is 11.1 Å². The third kappa shape index (κ3) is 2.45. The number of carbonyl (C=O) groups excluding carboxylic acids is 1. The predicted molar refractivity (Wildman–Crippen MR) is 63.8 cm³/mol. The van der Waals surface area contributed by atoms with Crippen molar-refractivity contribution >= 4 is 5.97 Å². The number of benzene rings is 1. The molecule has 92 valence electrons. The first-order valence-electron chi connectivity index (χ1n) is 5.18. The van der Waals surface area contributed by atoms with Crippen LogP contribution in [0.3, 0.4) is 0 Å². The van der Waals surface area contributed by atoms with Gasteiger partial charge in [0.05, 0.1) is 12.7 Å². The lowest BCUT2D eigenvalue weighted by atomic mass is 10.0. The van der Waals surface area contributed by atoms with Gasteiger partial charge in [0.2, 0.25) is 5.56 Å². The van der Waals surface area contributed by atoms with Crippen LogP contribution in [0.5, 0.6) is 0 Å². The minimum atomic E-state index is -0.611. The fourth-order valence-corrected chi connectivity index (χ4v) is 1.58. The van der Waals surface area contributed by atoms with Gasteiger partial charge in [0.15, 0.2) is 0 Å². The Kier molecular flexibility index (Phi) is 3.23. The molecule has 0 radical (unpaired) electrons. The summed E-state index contributed by atoms with van der Waals surface area (Å²) in [5, 5.41) is 0. The van der Waals surface area contributed by atoms with Gasteiger partial charge in [-0.15, -0.1) is 0 Å². The number of aromatic nitrogens is 1. The second-order valence-electron chi connectivity index (χ2n) is 3.66. The summed E-state index contributed by atoms with van der Waals surface area (Å²) >= 11 is 0. The topological polar surface area (TPSA) is 59.2 Å². The van der Waals surface area contributed by atoms with Gasteiger partial charge in [-0.05, 0) is 35.4 Å². The van der Waals surface area contributed by atoms with Crippen molar-refractivity contribution in [2.75, 3.05) is 7.11 Å². The lowest BCUT2D eigenvalue weighted by Gasteiger charge is -2.05. The SMILES string of the molecule is COC(=O)c1cc(F)cc(-c2ccc(=O)[nH]c2)c1. The number of aromatic amines is 1. The molecule has 0 fully saturated rings. The van der Waals surface area contributed by atoms with E-state index in [9.17, 15) is 14.0 Å². The van der Waals surface area contributed by atoms with Crippen molar-refractivity contribution in [3.8, 4) is 11.1 Å². The van der Waals surface area contributed by atoms with Crippen molar-refractivity contribution in [2.45, 2.75) is 0 Å². The molecule has 4 nitrogen and oxygen atoms in total. The van der Waals surface area contributed by atoms with E-state index < -0.39 is 11.8 Å². The molecule has 1 aromatic heterocycles. The van der Waals surface area contributed by atoms with Gasteiger partial charge in [-0.25, -0.2) is 9.18 Å². The van der Waals surface area contributed by atoms with E-state index in [1.165, 1.54) is 31.5 Å². The molecule has 2 aromatic rings. The van der Waals surface area contributed by atoms with Crippen LogP contribution in [-0.2, 0) is 4.74 Å². The Labute approximate surface area is 102 Å². The first-order chi connectivity index (χ1) is 8.60. The summed E-state index contributed by atoms with van der Waals surface area (Å²) in [5.74, 6) is -1.15. The van der Waals surface area contributed by atoms with Crippen LogP contribution in [0.15, 0.2) is 41.3 Å². The quantitative estimate of drug-likeness (QED) is 0.825. The first-order valence-corrected chi connectivity index (χ1v) is 5.18. The molecule has 1 aromatic carbocycles. The third-order valence-corrected chi connectivity index (χ3v) is 2.44. The fourth-order valence-electron chi connectivity index (χ4n) is 1.58. The number of H-pyrrole nitrogens is 1. The highest BCUT2D eigenvalue weighted by atomic mass is 19.1. The summed E-state index contributed by atoms with van der Waals surface area (Å²) in [6, 6.07) is 6.76. The molecule has 0 aliphatic carbocycles. The Morgan fingerprint density at radius 2 is 2.00 bits per heavy atom. The number of hydrogen-bond donors (Lipinski definition) is 1. The average molecular weight is 247 g/mol. The zero-order chi connectivity index (χ0) is 13.1. The average Bonchev–Trinajstić information content (AvgIpc) is 2.38. The molecule has 18 heavy (non-hydrogen) atoms. The largest absolute Gasteiger partial charge is 0.465 e. The van der Waals surface area contributed by atoms with Gasteiger partial charge in [-0.1, -0.05) is 0 Å². The standard InChI is InChI=1S/C13H10FNO3/c1-18-13(17)10-4-9(5-11(14)6-10)8-2-3-12(16)15-7-8/h2-7H,1H3,(H,15,16). The summed E-state index contributed by atoms with van der Waals surface area (Å²) in [6.45, 7) is 0. The van der Waals surface area contributed by atoms with E-state index in [2.05, 4.69) is 9.72 Å². The van der Waals surface area contributed by atoms with Gasteiger partial charge in [0, 0.05) is 12.3 Å². The maximum Gasteiger partial charge on any atom is 0.337 e. The Morgan fingerprint density at radius 1 is 1.22 bits per heavy atom. The molecule has 0 aliphatic heterocycles. The normalized spacial score (nSPS) is 10.1. The highest BCUT2D eigenvalue weighted by molar-refractivity contribution is 5.91. The lowest BCUT2D eigenvalue weighted by Crippen LogP contribution is -2.03. The van der Waals surface area contributed by atoms with E-state index in [1.54, 1.807) is 6.07 Å². The Hall–Kier alpha value is -2.43. The molecular formula is C13H10FNO3. The Bertz CT molecular complexity index is 628.